The molecule has 0 amide bonds. The molecule has 0 unspecified atom stereocenters. The van der Waals surface area contributed by atoms with Crippen LogP contribution in [0.5, 0.6) is 5.75 Å². The topological polar surface area (TPSA) is 26.3 Å². The summed E-state index contributed by atoms with van der Waals surface area (Å²) in [6.45, 7) is 10.6. The maximum atomic E-state index is 11.2. The van der Waals surface area contributed by atoms with Crippen LogP contribution < -0.4 is 4.74 Å². The number of carbonyl (C=O) groups excluding carboxylic acids is 1. The molecule has 0 aliphatic heterocycles. The summed E-state index contributed by atoms with van der Waals surface area (Å²) in [5.41, 5.74) is 2.61. The van der Waals surface area contributed by atoms with Gasteiger partial charge in [0, 0.05) is 6.42 Å². The van der Waals surface area contributed by atoms with Gasteiger partial charge in [-0.15, -0.1) is 0 Å². The van der Waals surface area contributed by atoms with Gasteiger partial charge in [0.25, 0.3) is 0 Å². The first-order valence-electron chi connectivity index (χ1n) is 6.10. The number of ether oxygens (including phenoxy) is 1. The fourth-order valence-electron chi connectivity index (χ4n) is 1.76. The van der Waals surface area contributed by atoms with E-state index < -0.39 is 0 Å². The van der Waals surface area contributed by atoms with E-state index in [0.29, 0.717) is 6.42 Å². The molecule has 17 heavy (non-hydrogen) atoms. The molecular formula is C15H22O2. The van der Waals surface area contributed by atoms with Crippen molar-refractivity contribution in [3.05, 3.63) is 29.3 Å². The molecule has 0 heterocycles. The molecule has 0 aliphatic rings. The fraction of sp³-hybridized carbons (Fsp3) is 0.533. The van der Waals surface area contributed by atoms with Gasteiger partial charge in [-0.3, -0.25) is 4.79 Å². The summed E-state index contributed by atoms with van der Waals surface area (Å²) in [4.78, 5) is 11.2. The van der Waals surface area contributed by atoms with Crippen LogP contribution in [-0.4, -0.2) is 12.4 Å². The summed E-state index contributed by atoms with van der Waals surface area (Å²) in [7, 11) is 0. The van der Waals surface area contributed by atoms with Gasteiger partial charge in [-0.05, 0) is 35.6 Å². The van der Waals surface area contributed by atoms with Crippen LogP contribution >= 0.6 is 0 Å². The van der Waals surface area contributed by atoms with Gasteiger partial charge in [0.15, 0.2) is 5.78 Å². The molecule has 0 saturated heterocycles. The highest BCUT2D eigenvalue weighted by Crippen LogP contribution is 2.28. The summed E-state index contributed by atoms with van der Waals surface area (Å²) in [5, 5.41) is 0. The molecule has 1 aromatic carbocycles. The molecule has 0 radical (unpaired) electrons. The van der Waals surface area contributed by atoms with Gasteiger partial charge in [0.05, 0.1) is 0 Å². The zero-order valence-corrected chi connectivity index (χ0v) is 11.5. The van der Waals surface area contributed by atoms with Crippen LogP contribution in [0.4, 0.5) is 0 Å². The number of hydrogen-bond acceptors (Lipinski definition) is 2. The number of rotatable bonds is 4. The van der Waals surface area contributed by atoms with Gasteiger partial charge in [0.1, 0.15) is 12.4 Å². The number of hydrogen-bond donors (Lipinski definition) is 0. The maximum absolute atomic E-state index is 11.2. The van der Waals surface area contributed by atoms with Crippen LogP contribution in [0, 0.1) is 6.92 Å². The van der Waals surface area contributed by atoms with Crippen molar-refractivity contribution >= 4 is 5.78 Å². The van der Waals surface area contributed by atoms with Crippen molar-refractivity contribution < 1.29 is 9.53 Å². The molecule has 0 fully saturated rings. The summed E-state index contributed by atoms with van der Waals surface area (Å²) in [6.07, 6.45) is 0.526. The van der Waals surface area contributed by atoms with Gasteiger partial charge in [-0.25, -0.2) is 0 Å². The molecule has 0 N–H and O–H groups in total. The first-order valence-corrected chi connectivity index (χ1v) is 6.10. The van der Waals surface area contributed by atoms with Gasteiger partial charge in [0.2, 0.25) is 0 Å². The molecule has 2 heteroatoms. The Balaban J connectivity index is 2.86. The van der Waals surface area contributed by atoms with Crippen LogP contribution in [0.1, 0.15) is 45.2 Å². The zero-order valence-electron chi connectivity index (χ0n) is 11.5. The van der Waals surface area contributed by atoms with Crippen molar-refractivity contribution in [1.29, 1.82) is 0 Å². The van der Waals surface area contributed by atoms with E-state index >= 15 is 0 Å². The third kappa shape index (κ3) is 3.88. The first-order chi connectivity index (χ1) is 7.84. The Labute approximate surface area is 104 Å². The lowest BCUT2D eigenvalue weighted by Crippen LogP contribution is -2.14. The normalized spacial score (nSPS) is 11.4. The number of benzene rings is 1. The van der Waals surface area contributed by atoms with Gasteiger partial charge in [-0.1, -0.05) is 33.8 Å². The molecule has 2 nitrogen and oxygen atoms in total. The van der Waals surface area contributed by atoms with Gasteiger partial charge >= 0.3 is 0 Å². The molecule has 0 bridgehead atoms. The zero-order chi connectivity index (χ0) is 13.1. The van der Waals surface area contributed by atoms with Crippen LogP contribution in [0.25, 0.3) is 0 Å². The average molecular weight is 234 g/mol. The number of Topliss-reactive ketones (excluding diaryl/α,β-unsaturated/α-hetero) is 1. The SMILES string of the molecule is CCC(=O)COc1ccc(C)c(C(C)(C)C)c1. The number of carbonyl (C=O) groups is 1. The van der Waals surface area contributed by atoms with Crippen molar-refractivity contribution in [2.45, 2.75) is 46.5 Å². The Morgan fingerprint density at radius 1 is 1.29 bits per heavy atom. The van der Waals surface area contributed by atoms with E-state index in [4.69, 9.17) is 4.74 Å². The second-order valence-electron chi connectivity index (χ2n) is 5.41. The van der Waals surface area contributed by atoms with Crippen LogP contribution in [0.3, 0.4) is 0 Å². The Morgan fingerprint density at radius 3 is 2.47 bits per heavy atom. The summed E-state index contributed by atoms with van der Waals surface area (Å²) >= 11 is 0. The van der Waals surface area contributed by atoms with Gasteiger partial charge < -0.3 is 4.74 Å². The van der Waals surface area contributed by atoms with Crippen molar-refractivity contribution in [1.82, 2.24) is 0 Å². The minimum atomic E-state index is 0.0955. The molecule has 0 saturated carbocycles. The second-order valence-corrected chi connectivity index (χ2v) is 5.41. The lowest BCUT2D eigenvalue weighted by atomic mass is 9.84. The quantitative estimate of drug-likeness (QED) is 0.795. The molecule has 1 rings (SSSR count). The molecule has 0 aliphatic carbocycles. The predicted octanol–water partition coefficient (Wildman–Crippen LogP) is 3.65. The maximum Gasteiger partial charge on any atom is 0.169 e. The largest absolute Gasteiger partial charge is 0.486 e. The van der Waals surface area contributed by atoms with Gasteiger partial charge in [-0.2, -0.15) is 0 Å². The van der Waals surface area contributed by atoms with Crippen LogP contribution in [0.15, 0.2) is 18.2 Å². The van der Waals surface area contributed by atoms with E-state index in [2.05, 4.69) is 27.7 Å². The van der Waals surface area contributed by atoms with Crippen molar-refractivity contribution in [3.63, 3.8) is 0 Å². The predicted molar refractivity (Wildman–Crippen MR) is 70.7 cm³/mol. The lowest BCUT2D eigenvalue weighted by molar-refractivity contribution is -0.120. The molecular weight excluding hydrogens is 212 g/mol. The number of ketones is 1. The summed E-state index contributed by atoms with van der Waals surface area (Å²) in [5.74, 6) is 0.908. The van der Waals surface area contributed by atoms with Crippen molar-refractivity contribution in [2.24, 2.45) is 0 Å². The highest BCUT2D eigenvalue weighted by molar-refractivity contribution is 5.79. The Hall–Kier alpha value is -1.31. The third-order valence-electron chi connectivity index (χ3n) is 2.81. The number of aryl methyl sites for hydroxylation is 1. The smallest absolute Gasteiger partial charge is 0.169 e. The Kier molecular flexibility index (Phi) is 4.33. The first kappa shape index (κ1) is 13.8. The fourth-order valence-corrected chi connectivity index (χ4v) is 1.76. The standard InChI is InChI=1S/C15H22O2/c1-6-12(16)10-17-13-8-7-11(2)14(9-13)15(3,4)5/h7-9H,6,10H2,1-5H3. The Bertz CT molecular complexity index is 400. The molecule has 0 aromatic heterocycles. The Morgan fingerprint density at radius 2 is 1.94 bits per heavy atom. The molecule has 0 atom stereocenters. The van der Waals surface area contributed by atoms with E-state index in [1.807, 2.05) is 25.1 Å². The van der Waals surface area contributed by atoms with E-state index in [-0.39, 0.29) is 17.8 Å². The monoisotopic (exact) mass is 234 g/mol. The van der Waals surface area contributed by atoms with E-state index in [1.165, 1.54) is 11.1 Å². The minimum absolute atomic E-state index is 0.0955. The van der Waals surface area contributed by atoms with E-state index in [1.54, 1.807) is 0 Å². The van der Waals surface area contributed by atoms with E-state index in [0.717, 1.165) is 5.75 Å². The molecule has 1 aromatic rings. The summed E-state index contributed by atoms with van der Waals surface area (Å²) < 4.78 is 5.50. The second kappa shape index (κ2) is 5.35. The van der Waals surface area contributed by atoms with Crippen molar-refractivity contribution in [2.75, 3.05) is 6.61 Å². The highest BCUT2D eigenvalue weighted by atomic mass is 16.5. The van der Waals surface area contributed by atoms with Crippen LogP contribution in [-0.2, 0) is 10.2 Å². The summed E-state index contributed by atoms with van der Waals surface area (Å²) in [6, 6.07) is 6.01. The molecule has 0 spiro atoms. The van der Waals surface area contributed by atoms with E-state index in [9.17, 15) is 4.79 Å². The lowest BCUT2D eigenvalue weighted by Gasteiger charge is -2.22. The average Bonchev–Trinajstić information content (AvgIpc) is 2.26. The van der Waals surface area contributed by atoms with Crippen LogP contribution in [0.2, 0.25) is 0 Å². The molecule has 94 valence electrons. The van der Waals surface area contributed by atoms with Crippen molar-refractivity contribution in [3.8, 4) is 5.75 Å². The minimum Gasteiger partial charge on any atom is -0.486 e. The highest BCUT2D eigenvalue weighted by Gasteiger charge is 2.17. The third-order valence-corrected chi connectivity index (χ3v) is 2.81.